The van der Waals surface area contributed by atoms with Crippen molar-refractivity contribution in [2.75, 3.05) is 54.9 Å². The fourth-order valence-electron chi connectivity index (χ4n) is 7.33. The van der Waals surface area contributed by atoms with E-state index in [2.05, 4.69) is 18.9 Å². The van der Waals surface area contributed by atoms with Crippen molar-refractivity contribution in [2.24, 2.45) is 0 Å². The molecule has 4 aromatic carbocycles. The summed E-state index contributed by atoms with van der Waals surface area (Å²) in [7, 11) is 1.94. The van der Waals surface area contributed by atoms with Gasteiger partial charge < -0.3 is 42.6 Å². The second-order valence-corrected chi connectivity index (χ2v) is 15.1. The SMILES string of the molecule is COC(C(=O)OCC[C@H](COC(=O)C(OC)(c1ccccc1)C(F)(F)F)OC(COC(=O)C(OC)(c1ccccc1)C(F)(F)F)COC(=O)C(OC)(c1ccccc1)C(F)(F)F)(c1ccccc1)C(F)(F)F. The van der Waals surface area contributed by atoms with Gasteiger partial charge in [-0.3, -0.25) is 0 Å². The molecule has 0 aliphatic rings. The van der Waals surface area contributed by atoms with Gasteiger partial charge in [-0.25, -0.2) is 19.2 Å². The van der Waals surface area contributed by atoms with Gasteiger partial charge in [-0.2, -0.15) is 52.7 Å². The molecule has 13 nitrogen and oxygen atoms in total. The minimum Gasteiger partial charge on any atom is -0.463 e. The standard InChI is InChI=1S/C47H44F12O13/c1-64-40(44(48,49)50,30-17-9-5-10-18-30)36(60)68-26-25-34(27-69-37(61)41(65-2,45(51,52)53)31-19-11-6-12-20-31)72-35(28-70-38(62)42(66-3,46(54,55)56)32-21-13-7-14-22-32)29-71-39(63)43(67-4,47(57,58)59)33-23-15-8-16-24-33/h5-24,34-35H,25-29H2,1-4H3/t34-,35?,40?,41?,42?,43?/m1/s1. The van der Waals surface area contributed by atoms with Crippen molar-refractivity contribution in [3.63, 3.8) is 0 Å². The number of esters is 4. The summed E-state index contributed by atoms with van der Waals surface area (Å²) in [5, 5.41) is 0. The Hall–Kier alpha value is -6.28. The number of carbonyl (C=O) groups is 4. The highest BCUT2D eigenvalue weighted by Crippen LogP contribution is 2.47. The van der Waals surface area contributed by atoms with Crippen LogP contribution in [0.3, 0.4) is 0 Å². The maximum absolute atomic E-state index is 14.8. The van der Waals surface area contributed by atoms with Gasteiger partial charge in [0.15, 0.2) is 0 Å². The number of hydrogen-bond acceptors (Lipinski definition) is 13. The molecule has 0 amide bonds. The molecule has 0 heterocycles. The molecule has 0 fully saturated rings. The fraction of sp³-hybridized carbons (Fsp3) is 0.404. The predicted molar refractivity (Wildman–Crippen MR) is 222 cm³/mol. The number of carbonyl (C=O) groups excluding carboxylic acids is 4. The summed E-state index contributed by atoms with van der Waals surface area (Å²) < 4.78 is 222. The van der Waals surface area contributed by atoms with E-state index in [9.17, 15) is 71.9 Å². The summed E-state index contributed by atoms with van der Waals surface area (Å²) in [6.07, 6.45) is -27.9. The van der Waals surface area contributed by atoms with Crippen LogP contribution in [0, 0.1) is 0 Å². The normalized spacial score (nSPS) is 16.6. The van der Waals surface area contributed by atoms with Gasteiger partial charge in [-0.1, -0.05) is 121 Å². The smallest absolute Gasteiger partial charge is 0.432 e. The van der Waals surface area contributed by atoms with Crippen LogP contribution in [0.4, 0.5) is 52.7 Å². The highest BCUT2D eigenvalue weighted by atomic mass is 19.4. The molecule has 72 heavy (non-hydrogen) atoms. The summed E-state index contributed by atoms with van der Waals surface area (Å²) in [5.41, 5.74) is -18.9. The largest absolute Gasteiger partial charge is 0.463 e. The summed E-state index contributed by atoms with van der Waals surface area (Å²) >= 11 is 0. The summed E-state index contributed by atoms with van der Waals surface area (Å²) in [4.78, 5) is 54.2. The molecular weight excluding hydrogens is 1000 g/mol. The second-order valence-electron chi connectivity index (χ2n) is 15.1. The highest BCUT2D eigenvalue weighted by Gasteiger charge is 2.67. The van der Waals surface area contributed by atoms with Crippen molar-refractivity contribution in [2.45, 2.75) is 65.7 Å². The number of ether oxygens (including phenoxy) is 9. The Morgan fingerprint density at radius 1 is 0.361 bits per heavy atom. The van der Waals surface area contributed by atoms with Crippen LogP contribution >= 0.6 is 0 Å². The Morgan fingerprint density at radius 3 is 0.806 bits per heavy atom. The quantitative estimate of drug-likeness (QED) is 0.0396. The zero-order valence-corrected chi connectivity index (χ0v) is 38.1. The van der Waals surface area contributed by atoms with E-state index in [1.807, 2.05) is 0 Å². The van der Waals surface area contributed by atoms with Crippen molar-refractivity contribution in [1.82, 2.24) is 0 Å². The zero-order valence-electron chi connectivity index (χ0n) is 38.1. The first kappa shape index (κ1) is 58.3. The number of benzene rings is 4. The molecule has 0 spiro atoms. The number of rotatable bonds is 23. The number of methoxy groups -OCH3 is 4. The van der Waals surface area contributed by atoms with Crippen molar-refractivity contribution in [3.8, 4) is 0 Å². The fourth-order valence-corrected chi connectivity index (χ4v) is 7.33. The van der Waals surface area contributed by atoms with Crippen LogP contribution < -0.4 is 0 Å². The average Bonchev–Trinajstić information content (AvgIpc) is 3.32. The lowest BCUT2D eigenvalue weighted by atomic mass is 9.92. The minimum absolute atomic E-state index is 0.472. The first-order valence-corrected chi connectivity index (χ1v) is 20.8. The molecule has 0 saturated heterocycles. The monoisotopic (exact) mass is 1040 g/mol. The van der Waals surface area contributed by atoms with Crippen LogP contribution in [0.25, 0.3) is 0 Å². The second kappa shape index (κ2) is 23.5. The Labute approximate surface area is 402 Å². The van der Waals surface area contributed by atoms with Crippen molar-refractivity contribution in [1.29, 1.82) is 0 Å². The Kier molecular flexibility index (Phi) is 19.0. The van der Waals surface area contributed by atoms with E-state index in [1.54, 1.807) is 0 Å². The van der Waals surface area contributed by atoms with E-state index in [4.69, 9.17) is 23.7 Å². The summed E-state index contributed by atoms with van der Waals surface area (Å²) in [6.45, 7) is -5.85. The predicted octanol–water partition coefficient (Wildman–Crippen LogP) is 8.72. The summed E-state index contributed by atoms with van der Waals surface area (Å²) in [6, 6.07) is 20.5. The molecule has 394 valence electrons. The number of alkyl halides is 12. The Morgan fingerprint density at radius 2 is 0.583 bits per heavy atom. The lowest BCUT2D eigenvalue weighted by molar-refractivity contribution is -0.280. The molecule has 0 bridgehead atoms. The molecule has 0 saturated carbocycles. The lowest BCUT2D eigenvalue weighted by Gasteiger charge is -2.35. The van der Waals surface area contributed by atoms with Gasteiger partial charge in [0.2, 0.25) is 0 Å². The van der Waals surface area contributed by atoms with Gasteiger partial charge in [-0.05, 0) is 0 Å². The summed E-state index contributed by atoms with van der Waals surface area (Å²) in [5.74, 6) is -8.87. The van der Waals surface area contributed by atoms with Crippen LogP contribution in [-0.4, -0.2) is 116 Å². The van der Waals surface area contributed by atoms with E-state index < -0.39 is 138 Å². The minimum atomic E-state index is -5.62. The third-order valence-electron chi connectivity index (χ3n) is 11.0. The van der Waals surface area contributed by atoms with Crippen LogP contribution in [-0.2, 0) is 84.2 Å². The van der Waals surface area contributed by atoms with E-state index in [1.165, 1.54) is 24.3 Å². The van der Waals surface area contributed by atoms with Gasteiger partial charge in [-0.15, -0.1) is 0 Å². The van der Waals surface area contributed by atoms with Crippen LogP contribution in [0.2, 0.25) is 0 Å². The maximum Gasteiger partial charge on any atom is 0.432 e. The van der Waals surface area contributed by atoms with Gasteiger partial charge in [0.1, 0.15) is 25.9 Å². The van der Waals surface area contributed by atoms with Gasteiger partial charge in [0.05, 0.1) is 12.7 Å². The molecule has 4 rings (SSSR count). The Bertz CT molecular complexity index is 2310. The molecule has 4 unspecified atom stereocenters. The first-order chi connectivity index (χ1) is 33.7. The molecule has 25 heteroatoms. The third-order valence-corrected chi connectivity index (χ3v) is 11.0. The number of hydrogen-bond donors (Lipinski definition) is 0. The van der Waals surface area contributed by atoms with Crippen LogP contribution in [0.15, 0.2) is 121 Å². The molecule has 0 N–H and O–H groups in total. The Balaban J connectivity index is 1.81. The van der Waals surface area contributed by atoms with E-state index in [0.29, 0.717) is 28.4 Å². The van der Waals surface area contributed by atoms with Crippen LogP contribution in [0.1, 0.15) is 28.7 Å². The van der Waals surface area contributed by atoms with Crippen molar-refractivity contribution >= 4 is 23.9 Å². The van der Waals surface area contributed by atoms with Crippen LogP contribution in [0.5, 0.6) is 0 Å². The lowest BCUT2D eigenvalue weighted by Crippen LogP contribution is -2.53. The van der Waals surface area contributed by atoms with Crippen molar-refractivity contribution in [3.05, 3.63) is 144 Å². The highest BCUT2D eigenvalue weighted by molar-refractivity contribution is 5.84. The molecule has 5 atom stereocenters. The molecule has 0 aliphatic heterocycles. The molecule has 4 aromatic rings. The average molecular weight is 1040 g/mol. The van der Waals surface area contributed by atoms with E-state index in [0.717, 1.165) is 97.1 Å². The van der Waals surface area contributed by atoms with Gasteiger partial charge in [0.25, 0.3) is 22.4 Å². The van der Waals surface area contributed by atoms with Crippen molar-refractivity contribution < 1.29 is 114 Å². The van der Waals surface area contributed by atoms with E-state index in [-0.39, 0.29) is 0 Å². The zero-order chi connectivity index (χ0) is 53.8. The first-order valence-electron chi connectivity index (χ1n) is 20.8. The molecular formula is C47H44F12O13. The number of halogens is 12. The molecule has 0 radical (unpaired) electrons. The maximum atomic E-state index is 14.8. The van der Waals surface area contributed by atoms with Gasteiger partial charge in [0, 0.05) is 57.1 Å². The molecule has 0 aromatic heterocycles. The van der Waals surface area contributed by atoms with Gasteiger partial charge >= 0.3 is 48.6 Å². The topological polar surface area (TPSA) is 151 Å². The molecule has 0 aliphatic carbocycles. The van der Waals surface area contributed by atoms with E-state index >= 15 is 0 Å². The third kappa shape index (κ3) is 11.6.